The van der Waals surface area contributed by atoms with Crippen LogP contribution in [0.3, 0.4) is 0 Å². The van der Waals surface area contributed by atoms with Crippen molar-refractivity contribution in [3.63, 3.8) is 0 Å². The highest BCUT2D eigenvalue weighted by molar-refractivity contribution is 5.78. The van der Waals surface area contributed by atoms with Crippen molar-refractivity contribution in [2.45, 2.75) is 45.6 Å². The zero-order valence-corrected chi connectivity index (χ0v) is 18.8. The fraction of sp³-hybridized carbons (Fsp3) is 0.400. The van der Waals surface area contributed by atoms with Gasteiger partial charge in [-0.05, 0) is 69.0 Å². The van der Waals surface area contributed by atoms with Crippen LogP contribution in [-0.4, -0.2) is 40.6 Å². The lowest BCUT2D eigenvalue weighted by atomic mass is 9.98. The number of halogens is 1. The van der Waals surface area contributed by atoms with Gasteiger partial charge in [-0.15, -0.1) is 0 Å². The first kappa shape index (κ1) is 22.1. The van der Waals surface area contributed by atoms with E-state index in [2.05, 4.69) is 52.4 Å². The molecule has 168 valence electrons. The van der Waals surface area contributed by atoms with E-state index in [9.17, 15) is 9.18 Å². The Labute approximate surface area is 187 Å². The molecule has 2 heterocycles. The van der Waals surface area contributed by atoms with Crippen LogP contribution in [0.4, 0.5) is 4.39 Å². The summed E-state index contributed by atoms with van der Waals surface area (Å²) >= 11 is 0. The number of nitrogens with one attached hydrogen (secondary N) is 1. The number of carbonyl (C=O) groups excluding carboxylic acids is 1. The van der Waals surface area contributed by atoms with Crippen molar-refractivity contribution in [1.29, 1.82) is 0 Å². The van der Waals surface area contributed by atoms with Crippen LogP contribution in [0.25, 0.3) is 11.4 Å². The smallest absolute Gasteiger partial charge is 0.234 e. The number of likely N-dealkylation sites (tertiary alicyclic amines) is 1. The van der Waals surface area contributed by atoms with Crippen molar-refractivity contribution >= 4 is 5.91 Å². The van der Waals surface area contributed by atoms with Crippen molar-refractivity contribution in [1.82, 2.24) is 20.4 Å². The lowest BCUT2D eigenvalue weighted by Gasteiger charge is -2.30. The summed E-state index contributed by atoms with van der Waals surface area (Å²) in [7, 11) is 0. The third-order valence-corrected chi connectivity index (χ3v) is 6.15. The quantitative estimate of drug-likeness (QED) is 0.614. The number of aromatic nitrogens is 2. The summed E-state index contributed by atoms with van der Waals surface area (Å²) in [4.78, 5) is 19.3. The standard InChI is InChI=1S/C25H29FN4O2/c1-16-9-10-19(12-17(16)2)18(3)27-23(31)15-30-11-5-7-21(14-30)25-28-24(29-32-25)20-6-4-8-22(26)13-20/h4,6,8-10,12-13,18,21H,5,7,11,14-15H2,1-3H3,(H,27,31). The average molecular weight is 437 g/mol. The fourth-order valence-corrected chi connectivity index (χ4v) is 4.15. The van der Waals surface area contributed by atoms with Gasteiger partial charge < -0.3 is 9.84 Å². The number of rotatable bonds is 6. The van der Waals surface area contributed by atoms with Gasteiger partial charge in [0, 0.05) is 12.1 Å². The van der Waals surface area contributed by atoms with Gasteiger partial charge >= 0.3 is 0 Å². The third kappa shape index (κ3) is 5.22. The van der Waals surface area contributed by atoms with E-state index in [1.54, 1.807) is 12.1 Å². The first-order chi connectivity index (χ1) is 15.4. The van der Waals surface area contributed by atoms with Crippen LogP contribution in [0.1, 0.15) is 54.3 Å². The van der Waals surface area contributed by atoms with E-state index >= 15 is 0 Å². The molecule has 2 aromatic carbocycles. The van der Waals surface area contributed by atoms with Crippen molar-refractivity contribution in [2.75, 3.05) is 19.6 Å². The van der Waals surface area contributed by atoms with Crippen LogP contribution in [-0.2, 0) is 4.79 Å². The maximum atomic E-state index is 13.5. The molecule has 0 saturated carbocycles. The van der Waals surface area contributed by atoms with Crippen molar-refractivity contribution < 1.29 is 13.7 Å². The van der Waals surface area contributed by atoms with E-state index in [1.165, 1.54) is 23.3 Å². The summed E-state index contributed by atoms with van der Waals surface area (Å²) < 4.78 is 19.0. The molecule has 1 N–H and O–H groups in total. The number of amides is 1. The zero-order chi connectivity index (χ0) is 22.7. The number of carbonyl (C=O) groups is 1. The third-order valence-electron chi connectivity index (χ3n) is 6.15. The lowest BCUT2D eigenvalue weighted by Crippen LogP contribution is -2.42. The van der Waals surface area contributed by atoms with Gasteiger partial charge in [-0.3, -0.25) is 9.69 Å². The second-order valence-electron chi connectivity index (χ2n) is 8.67. The number of hydrogen-bond donors (Lipinski definition) is 1. The molecule has 6 nitrogen and oxygen atoms in total. The van der Waals surface area contributed by atoms with Gasteiger partial charge in [0.2, 0.25) is 17.6 Å². The van der Waals surface area contributed by atoms with Gasteiger partial charge in [0.25, 0.3) is 0 Å². The van der Waals surface area contributed by atoms with Crippen LogP contribution >= 0.6 is 0 Å². The molecule has 4 rings (SSSR count). The molecular formula is C25H29FN4O2. The molecule has 2 unspecified atom stereocenters. The number of nitrogens with zero attached hydrogens (tertiary/aromatic N) is 3. The topological polar surface area (TPSA) is 71.3 Å². The number of aryl methyl sites for hydroxylation is 2. The summed E-state index contributed by atoms with van der Waals surface area (Å²) in [5, 5.41) is 7.13. The molecular weight excluding hydrogens is 407 g/mol. The van der Waals surface area contributed by atoms with Gasteiger partial charge in [-0.1, -0.05) is 35.5 Å². The summed E-state index contributed by atoms with van der Waals surface area (Å²) in [6, 6.07) is 12.4. The van der Waals surface area contributed by atoms with Gasteiger partial charge in [0.1, 0.15) is 5.82 Å². The van der Waals surface area contributed by atoms with Gasteiger partial charge in [0.05, 0.1) is 18.5 Å². The molecule has 1 saturated heterocycles. The molecule has 0 spiro atoms. The molecule has 7 heteroatoms. The number of benzene rings is 2. The average Bonchev–Trinajstić information content (AvgIpc) is 3.26. The molecule has 1 amide bonds. The Bertz CT molecular complexity index is 1100. The largest absolute Gasteiger partial charge is 0.348 e. The number of piperidine rings is 1. The van der Waals surface area contributed by atoms with E-state index in [0.29, 0.717) is 30.4 Å². The normalized spacial score (nSPS) is 17.8. The first-order valence-corrected chi connectivity index (χ1v) is 11.1. The van der Waals surface area contributed by atoms with Crippen LogP contribution in [0.5, 0.6) is 0 Å². The molecule has 0 aliphatic carbocycles. The summed E-state index contributed by atoms with van der Waals surface area (Å²) in [5.41, 5.74) is 4.16. The molecule has 1 fully saturated rings. The monoisotopic (exact) mass is 436 g/mol. The Hall–Kier alpha value is -3.06. The summed E-state index contributed by atoms with van der Waals surface area (Å²) in [6.45, 7) is 8.03. The Morgan fingerprint density at radius 3 is 2.88 bits per heavy atom. The second kappa shape index (κ2) is 9.61. The lowest BCUT2D eigenvalue weighted by molar-refractivity contribution is -0.123. The highest BCUT2D eigenvalue weighted by Gasteiger charge is 2.27. The minimum absolute atomic E-state index is 0.00218. The SMILES string of the molecule is Cc1ccc(C(C)NC(=O)CN2CCCC(c3nc(-c4cccc(F)c4)no3)C2)cc1C. The van der Waals surface area contributed by atoms with E-state index in [-0.39, 0.29) is 23.7 Å². The maximum Gasteiger partial charge on any atom is 0.234 e. The van der Waals surface area contributed by atoms with Crippen LogP contribution in [0.15, 0.2) is 47.0 Å². The molecule has 2 atom stereocenters. The Morgan fingerprint density at radius 1 is 1.25 bits per heavy atom. The second-order valence-corrected chi connectivity index (χ2v) is 8.67. The van der Waals surface area contributed by atoms with E-state index < -0.39 is 0 Å². The molecule has 3 aromatic rings. The highest BCUT2D eigenvalue weighted by Crippen LogP contribution is 2.27. The fourth-order valence-electron chi connectivity index (χ4n) is 4.15. The first-order valence-electron chi connectivity index (χ1n) is 11.1. The Balaban J connectivity index is 1.35. The minimum Gasteiger partial charge on any atom is -0.348 e. The molecule has 0 bridgehead atoms. The van der Waals surface area contributed by atoms with Crippen LogP contribution < -0.4 is 5.32 Å². The predicted molar refractivity (Wildman–Crippen MR) is 121 cm³/mol. The van der Waals surface area contributed by atoms with Crippen LogP contribution in [0.2, 0.25) is 0 Å². The molecule has 1 aliphatic rings. The molecule has 0 radical (unpaired) electrons. The Kier molecular flexibility index (Phi) is 6.65. The van der Waals surface area contributed by atoms with E-state index in [1.807, 2.05) is 6.92 Å². The van der Waals surface area contributed by atoms with Crippen molar-refractivity contribution in [2.24, 2.45) is 0 Å². The highest BCUT2D eigenvalue weighted by atomic mass is 19.1. The Morgan fingerprint density at radius 2 is 2.09 bits per heavy atom. The molecule has 1 aromatic heterocycles. The summed E-state index contributed by atoms with van der Waals surface area (Å²) in [6.07, 6.45) is 1.87. The molecule has 32 heavy (non-hydrogen) atoms. The number of hydrogen-bond acceptors (Lipinski definition) is 5. The minimum atomic E-state index is -0.335. The van der Waals surface area contributed by atoms with Crippen molar-refractivity contribution in [3.8, 4) is 11.4 Å². The van der Waals surface area contributed by atoms with Crippen molar-refractivity contribution in [3.05, 3.63) is 70.9 Å². The molecule has 1 aliphatic heterocycles. The van der Waals surface area contributed by atoms with Gasteiger partial charge in [0.15, 0.2) is 0 Å². The van der Waals surface area contributed by atoms with E-state index in [0.717, 1.165) is 24.9 Å². The predicted octanol–water partition coefficient (Wildman–Crippen LogP) is 4.55. The van der Waals surface area contributed by atoms with Crippen LogP contribution in [0, 0.1) is 19.7 Å². The zero-order valence-electron chi connectivity index (χ0n) is 18.8. The van der Waals surface area contributed by atoms with Gasteiger partial charge in [-0.2, -0.15) is 4.98 Å². The van der Waals surface area contributed by atoms with E-state index in [4.69, 9.17) is 4.52 Å². The summed E-state index contributed by atoms with van der Waals surface area (Å²) in [5.74, 6) is 0.652. The van der Waals surface area contributed by atoms with Gasteiger partial charge in [-0.25, -0.2) is 4.39 Å². The maximum absolute atomic E-state index is 13.5.